The molecule has 0 saturated carbocycles. The third-order valence-corrected chi connectivity index (χ3v) is 5.35. The topological polar surface area (TPSA) is 96.3 Å². The lowest BCUT2D eigenvalue weighted by Crippen LogP contribution is -2.02. The van der Waals surface area contributed by atoms with Gasteiger partial charge in [-0.05, 0) is 46.2 Å². The standard InChI is InChI=1S/C22H20N4O2/c1-11-10-28-20-18(11)16(9-17-19(20)21(23)26-22(24)25-17)14-4-3-13-8-15(27-2)6-5-12(13)7-14/h3-9,11H,10H2,1-2H3,(H4,23,24,25,26). The van der Waals surface area contributed by atoms with Gasteiger partial charge in [-0.15, -0.1) is 0 Å². The molecule has 6 heteroatoms. The molecule has 1 aliphatic heterocycles. The minimum Gasteiger partial charge on any atom is -0.497 e. The van der Waals surface area contributed by atoms with Gasteiger partial charge in [-0.2, -0.15) is 4.98 Å². The number of benzene rings is 3. The third kappa shape index (κ3) is 2.41. The molecule has 140 valence electrons. The molecule has 0 bridgehead atoms. The number of hydrogen-bond donors (Lipinski definition) is 2. The Morgan fingerprint density at radius 3 is 2.64 bits per heavy atom. The molecule has 1 atom stereocenters. The van der Waals surface area contributed by atoms with Gasteiger partial charge in [0.15, 0.2) is 0 Å². The summed E-state index contributed by atoms with van der Waals surface area (Å²) in [6, 6.07) is 14.5. The highest BCUT2D eigenvalue weighted by Crippen LogP contribution is 2.47. The number of fused-ring (bicyclic) bond motifs is 4. The van der Waals surface area contributed by atoms with E-state index in [1.165, 1.54) is 0 Å². The molecule has 4 aromatic rings. The summed E-state index contributed by atoms with van der Waals surface area (Å²) in [6.45, 7) is 2.76. The van der Waals surface area contributed by atoms with Crippen molar-refractivity contribution in [3.05, 3.63) is 48.0 Å². The quantitative estimate of drug-likeness (QED) is 0.549. The fourth-order valence-electron chi connectivity index (χ4n) is 4.01. The highest BCUT2D eigenvalue weighted by Gasteiger charge is 2.28. The molecule has 0 saturated heterocycles. The van der Waals surface area contributed by atoms with Gasteiger partial charge in [0.2, 0.25) is 5.95 Å². The summed E-state index contributed by atoms with van der Waals surface area (Å²) in [4.78, 5) is 8.52. The van der Waals surface area contributed by atoms with Gasteiger partial charge < -0.3 is 20.9 Å². The maximum Gasteiger partial charge on any atom is 0.222 e. The molecule has 0 aliphatic carbocycles. The Kier molecular flexibility index (Phi) is 3.55. The molecule has 0 fully saturated rings. The van der Waals surface area contributed by atoms with Crippen LogP contribution in [0.5, 0.6) is 11.5 Å². The third-order valence-electron chi connectivity index (χ3n) is 5.35. The van der Waals surface area contributed by atoms with Gasteiger partial charge in [0.1, 0.15) is 17.3 Å². The van der Waals surface area contributed by atoms with Crippen LogP contribution in [0.15, 0.2) is 42.5 Å². The fraction of sp³-hybridized carbons (Fsp3) is 0.182. The largest absolute Gasteiger partial charge is 0.497 e. The highest BCUT2D eigenvalue weighted by molar-refractivity contribution is 6.01. The lowest BCUT2D eigenvalue weighted by molar-refractivity contribution is 0.340. The Hall–Kier alpha value is -3.54. The number of nitrogens with two attached hydrogens (primary N) is 2. The van der Waals surface area contributed by atoms with E-state index in [1.807, 2.05) is 18.2 Å². The molecule has 0 radical (unpaired) electrons. The minimum absolute atomic E-state index is 0.160. The van der Waals surface area contributed by atoms with Crippen molar-refractivity contribution in [2.75, 3.05) is 25.2 Å². The second-order valence-electron chi connectivity index (χ2n) is 7.17. The van der Waals surface area contributed by atoms with Crippen LogP contribution < -0.4 is 20.9 Å². The summed E-state index contributed by atoms with van der Waals surface area (Å²) in [5, 5.41) is 3.00. The predicted octanol–water partition coefficient (Wildman–Crippen LogP) is 4.12. The molecular weight excluding hydrogens is 352 g/mol. The van der Waals surface area contributed by atoms with Crippen LogP contribution in [0.2, 0.25) is 0 Å². The molecule has 4 N–H and O–H groups in total. The lowest BCUT2D eigenvalue weighted by atomic mass is 9.90. The van der Waals surface area contributed by atoms with Crippen molar-refractivity contribution in [2.24, 2.45) is 0 Å². The number of ether oxygens (including phenoxy) is 2. The molecule has 2 heterocycles. The molecule has 5 rings (SSSR count). The molecule has 3 aromatic carbocycles. The van der Waals surface area contributed by atoms with Crippen molar-refractivity contribution < 1.29 is 9.47 Å². The number of methoxy groups -OCH3 is 1. The van der Waals surface area contributed by atoms with Crippen LogP contribution in [0.4, 0.5) is 11.8 Å². The molecule has 6 nitrogen and oxygen atoms in total. The van der Waals surface area contributed by atoms with E-state index < -0.39 is 0 Å². The Balaban J connectivity index is 1.79. The van der Waals surface area contributed by atoms with Gasteiger partial charge >= 0.3 is 0 Å². The summed E-state index contributed by atoms with van der Waals surface area (Å²) >= 11 is 0. The first kappa shape index (κ1) is 16.6. The van der Waals surface area contributed by atoms with E-state index in [4.69, 9.17) is 20.9 Å². The fourth-order valence-corrected chi connectivity index (χ4v) is 4.01. The van der Waals surface area contributed by atoms with E-state index in [0.29, 0.717) is 17.9 Å². The summed E-state index contributed by atoms with van der Waals surface area (Å²) in [5.74, 6) is 2.37. The average Bonchev–Trinajstić information content (AvgIpc) is 3.07. The number of rotatable bonds is 2. The van der Waals surface area contributed by atoms with Crippen molar-refractivity contribution in [3.8, 4) is 22.6 Å². The Morgan fingerprint density at radius 1 is 1.04 bits per heavy atom. The zero-order valence-corrected chi connectivity index (χ0v) is 15.7. The first-order valence-corrected chi connectivity index (χ1v) is 9.15. The average molecular weight is 372 g/mol. The number of aromatic nitrogens is 2. The first-order valence-electron chi connectivity index (χ1n) is 9.15. The van der Waals surface area contributed by atoms with Crippen LogP contribution in [0.25, 0.3) is 32.8 Å². The van der Waals surface area contributed by atoms with Gasteiger partial charge in [-0.25, -0.2) is 4.98 Å². The zero-order valence-electron chi connectivity index (χ0n) is 15.7. The van der Waals surface area contributed by atoms with Crippen LogP contribution in [0, 0.1) is 0 Å². The molecule has 28 heavy (non-hydrogen) atoms. The van der Waals surface area contributed by atoms with Crippen LogP contribution >= 0.6 is 0 Å². The Bertz CT molecular complexity index is 1250. The van der Waals surface area contributed by atoms with Crippen molar-refractivity contribution in [1.29, 1.82) is 0 Å². The molecule has 1 aliphatic rings. The lowest BCUT2D eigenvalue weighted by Gasteiger charge is -2.14. The summed E-state index contributed by atoms with van der Waals surface area (Å²) < 4.78 is 11.3. The van der Waals surface area contributed by atoms with Crippen molar-refractivity contribution in [2.45, 2.75) is 12.8 Å². The van der Waals surface area contributed by atoms with Crippen LogP contribution in [0.3, 0.4) is 0 Å². The minimum atomic E-state index is 0.160. The second-order valence-corrected chi connectivity index (χ2v) is 7.17. The van der Waals surface area contributed by atoms with Crippen molar-refractivity contribution >= 4 is 33.4 Å². The van der Waals surface area contributed by atoms with Crippen LogP contribution in [-0.2, 0) is 0 Å². The van der Waals surface area contributed by atoms with Gasteiger partial charge in [0.25, 0.3) is 0 Å². The predicted molar refractivity (Wildman–Crippen MR) is 112 cm³/mol. The molecular formula is C22H20N4O2. The summed E-state index contributed by atoms with van der Waals surface area (Å²) in [6.07, 6.45) is 0. The Morgan fingerprint density at radius 2 is 1.82 bits per heavy atom. The number of nitrogen functional groups attached to an aromatic ring is 2. The van der Waals surface area contributed by atoms with E-state index >= 15 is 0 Å². The monoisotopic (exact) mass is 372 g/mol. The van der Waals surface area contributed by atoms with Gasteiger partial charge in [-0.3, -0.25) is 0 Å². The van der Waals surface area contributed by atoms with E-state index in [2.05, 4.69) is 41.2 Å². The van der Waals surface area contributed by atoms with Crippen molar-refractivity contribution in [1.82, 2.24) is 9.97 Å². The molecule has 1 aromatic heterocycles. The van der Waals surface area contributed by atoms with E-state index in [0.717, 1.165) is 44.3 Å². The van der Waals surface area contributed by atoms with Gasteiger partial charge in [-0.1, -0.05) is 25.1 Å². The SMILES string of the molecule is COc1ccc2cc(-c3cc4nc(N)nc(N)c4c4c3C(C)CO4)ccc2c1. The first-order chi connectivity index (χ1) is 13.5. The second kappa shape index (κ2) is 5.99. The zero-order chi connectivity index (χ0) is 19.4. The van der Waals surface area contributed by atoms with Crippen LogP contribution in [0.1, 0.15) is 18.4 Å². The maximum atomic E-state index is 6.14. The van der Waals surface area contributed by atoms with E-state index in [9.17, 15) is 0 Å². The smallest absolute Gasteiger partial charge is 0.222 e. The number of hydrogen-bond acceptors (Lipinski definition) is 6. The maximum absolute atomic E-state index is 6.14. The number of nitrogens with zero attached hydrogens (tertiary/aromatic N) is 2. The molecule has 0 amide bonds. The van der Waals surface area contributed by atoms with Crippen LogP contribution in [-0.4, -0.2) is 23.7 Å². The highest BCUT2D eigenvalue weighted by atomic mass is 16.5. The molecule has 1 unspecified atom stereocenters. The Labute approximate surface area is 162 Å². The summed E-state index contributed by atoms with van der Waals surface area (Å²) in [7, 11) is 1.68. The summed E-state index contributed by atoms with van der Waals surface area (Å²) in [5.41, 5.74) is 16.0. The normalized spacial score (nSPS) is 15.6. The van der Waals surface area contributed by atoms with E-state index in [-0.39, 0.29) is 11.9 Å². The molecule has 0 spiro atoms. The van der Waals surface area contributed by atoms with Gasteiger partial charge in [0, 0.05) is 11.5 Å². The van der Waals surface area contributed by atoms with Gasteiger partial charge in [0.05, 0.1) is 24.6 Å². The number of anilines is 2. The van der Waals surface area contributed by atoms with Crippen molar-refractivity contribution in [3.63, 3.8) is 0 Å². The van der Waals surface area contributed by atoms with E-state index in [1.54, 1.807) is 7.11 Å².